The molecular weight excluding hydrogens is 224 g/mol. The Labute approximate surface area is 98.3 Å². The molecule has 3 atom stereocenters. The number of hydrogen-bond acceptors (Lipinski definition) is 4. The van der Waals surface area contributed by atoms with Crippen LogP contribution in [0.3, 0.4) is 0 Å². The highest BCUT2D eigenvalue weighted by molar-refractivity contribution is 7.91. The molecule has 5 heteroatoms. The van der Waals surface area contributed by atoms with Gasteiger partial charge in [-0.05, 0) is 19.8 Å². The van der Waals surface area contributed by atoms with Gasteiger partial charge in [0.15, 0.2) is 9.84 Å². The van der Waals surface area contributed by atoms with E-state index >= 15 is 0 Å². The third kappa shape index (κ3) is 2.57. The lowest BCUT2D eigenvalue weighted by atomic mass is 10.1. The second kappa shape index (κ2) is 4.63. The van der Waals surface area contributed by atoms with Crippen LogP contribution in [0.15, 0.2) is 0 Å². The van der Waals surface area contributed by atoms with Gasteiger partial charge in [-0.2, -0.15) is 0 Å². The van der Waals surface area contributed by atoms with Crippen LogP contribution in [-0.4, -0.2) is 56.5 Å². The van der Waals surface area contributed by atoms with Crippen molar-refractivity contribution in [1.82, 2.24) is 10.2 Å². The molecule has 1 saturated carbocycles. The lowest BCUT2D eigenvalue weighted by Crippen LogP contribution is -2.55. The summed E-state index contributed by atoms with van der Waals surface area (Å²) in [5.74, 6) is 0. The summed E-state index contributed by atoms with van der Waals surface area (Å²) >= 11 is 0. The molecule has 1 aliphatic heterocycles. The fraction of sp³-hybridized carbons (Fsp3) is 1.00. The molecule has 0 radical (unpaired) electrons. The van der Waals surface area contributed by atoms with Crippen LogP contribution >= 0.6 is 0 Å². The minimum absolute atomic E-state index is 0.127. The van der Waals surface area contributed by atoms with Crippen LogP contribution in [0.2, 0.25) is 0 Å². The Morgan fingerprint density at radius 2 is 2.06 bits per heavy atom. The standard InChI is InChI=1S/C11H22N2O2S/c1-9-8-13(7-6-12-9)10-4-3-5-11(10)16(2,14)15/h9-12H,3-8H2,1-2H3. The van der Waals surface area contributed by atoms with E-state index in [2.05, 4.69) is 17.1 Å². The van der Waals surface area contributed by atoms with Crippen molar-refractivity contribution in [2.45, 2.75) is 43.5 Å². The lowest BCUT2D eigenvalue weighted by Gasteiger charge is -2.38. The Balaban J connectivity index is 2.08. The Kier molecular flexibility index (Phi) is 3.56. The van der Waals surface area contributed by atoms with Gasteiger partial charge in [-0.25, -0.2) is 8.42 Å². The molecule has 3 unspecified atom stereocenters. The predicted octanol–water partition coefficient (Wildman–Crippen LogP) is 0.246. The van der Waals surface area contributed by atoms with E-state index in [0.29, 0.717) is 6.04 Å². The molecule has 0 aromatic carbocycles. The molecule has 4 nitrogen and oxygen atoms in total. The van der Waals surface area contributed by atoms with E-state index in [0.717, 1.165) is 38.9 Å². The normalized spacial score (nSPS) is 37.8. The van der Waals surface area contributed by atoms with Crippen molar-refractivity contribution in [3.05, 3.63) is 0 Å². The minimum atomic E-state index is -2.88. The van der Waals surface area contributed by atoms with Gasteiger partial charge in [0.1, 0.15) is 0 Å². The molecule has 1 N–H and O–H groups in total. The van der Waals surface area contributed by atoms with Crippen LogP contribution < -0.4 is 5.32 Å². The first kappa shape index (κ1) is 12.3. The first-order chi connectivity index (χ1) is 7.48. The SMILES string of the molecule is CC1CN(C2CCCC2S(C)(=O)=O)CCN1. The summed E-state index contributed by atoms with van der Waals surface area (Å²) in [6.07, 6.45) is 4.34. The van der Waals surface area contributed by atoms with E-state index in [-0.39, 0.29) is 11.3 Å². The number of sulfone groups is 1. The summed E-state index contributed by atoms with van der Waals surface area (Å²) < 4.78 is 23.5. The van der Waals surface area contributed by atoms with Gasteiger partial charge < -0.3 is 5.32 Å². The molecule has 1 aliphatic carbocycles. The quantitative estimate of drug-likeness (QED) is 0.758. The van der Waals surface area contributed by atoms with Crippen LogP contribution in [-0.2, 0) is 9.84 Å². The van der Waals surface area contributed by atoms with Gasteiger partial charge in [0.05, 0.1) is 5.25 Å². The molecule has 16 heavy (non-hydrogen) atoms. The zero-order valence-corrected chi connectivity index (χ0v) is 11.0. The average molecular weight is 246 g/mol. The topological polar surface area (TPSA) is 49.4 Å². The van der Waals surface area contributed by atoms with Crippen LogP contribution in [0, 0.1) is 0 Å². The largest absolute Gasteiger partial charge is 0.312 e. The van der Waals surface area contributed by atoms with Crippen molar-refractivity contribution in [3.8, 4) is 0 Å². The van der Waals surface area contributed by atoms with Gasteiger partial charge in [-0.15, -0.1) is 0 Å². The molecule has 2 rings (SSSR count). The van der Waals surface area contributed by atoms with Crippen LogP contribution in [0.25, 0.3) is 0 Å². The fourth-order valence-corrected chi connectivity index (χ4v) is 4.56. The first-order valence-corrected chi connectivity index (χ1v) is 8.10. The molecule has 0 bridgehead atoms. The van der Waals surface area contributed by atoms with Crippen LogP contribution in [0.1, 0.15) is 26.2 Å². The second-order valence-electron chi connectivity index (χ2n) is 5.22. The Bertz CT molecular complexity index is 342. The van der Waals surface area contributed by atoms with Gasteiger partial charge in [-0.3, -0.25) is 4.90 Å². The second-order valence-corrected chi connectivity index (χ2v) is 7.48. The Morgan fingerprint density at radius 3 is 2.69 bits per heavy atom. The fourth-order valence-electron chi connectivity index (χ4n) is 3.09. The van der Waals surface area contributed by atoms with Gasteiger partial charge in [0.25, 0.3) is 0 Å². The maximum Gasteiger partial charge on any atom is 0.151 e. The molecule has 0 spiro atoms. The van der Waals surface area contributed by atoms with Gasteiger partial charge in [0, 0.05) is 38.0 Å². The van der Waals surface area contributed by atoms with Crippen LogP contribution in [0.4, 0.5) is 0 Å². The maximum absolute atomic E-state index is 11.7. The van der Waals surface area contributed by atoms with E-state index in [1.807, 2.05) is 0 Å². The zero-order valence-electron chi connectivity index (χ0n) is 10.1. The molecule has 2 aliphatic rings. The van der Waals surface area contributed by atoms with Crippen molar-refractivity contribution in [2.24, 2.45) is 0 Å². The highest BCUT2D eigenvalue weighted by Gasteiger charge is 2.39. The zero-order chi connectivity index (χ0) is 11.8. The molecule has 1 heterocycles. The third-order valence-electron chi connectivity index (χ3n) is 3.84. The molecule has 0 aromatic rings. The minimum Gasteiger partial charge on any atom is -0.312 e. The highest BCUT2D eigenvalue weighted by atomic mass is 32.2. The number of hydrogen-bond donors (Lipinski definition) is 1. The lowest BCUT2D eigenvalue weighted by molar-refractivity contribution is 0.152. The van der Waals surface area contributed by atoms with Crippen molar-refractivity contribution in [1.29, 1.82) is 0 Å². The monoisotopic (exact) mass is 246 g/mol. The molecular formula is C11H22N2O2S. The summed E-state index contributed by atoms with van der Waals surface area (Å²) in [5.41, 5.74) is 0. The molecule has 0 aromatic heterocycles. The van der Waals surface area contributed by atoms with E-state index in [1.165, 1.54) is 6.26 Å². The number of nitrogens with zero attached hydrogens (tertiary/aromatic N) is 1. The maximum atomic E-state index is 11.7. The van der Waals surface area contributed by atoms with Crippen molar-refractivity contribution in [3.63, 3.8) is 0 Å². The number of nitrogens with one attached hydrogen (secondary N) is 1. The van der Waals surface area contributed by atoms with Crippen molar-refractivity contribution in [2.75, 3.05) is 25.9 Å². The summed E-state index contributed by atoms with van der Waals surface area (Å²) in [4.78, 5) is 2.37. The summed E-state index contributed by atoms with van der Waals surface area (Å²) in [7, 11) is -2.88. The summed E-state index contributed by atoms with van der Waals surface area (Å²) in [6.45, 7) is 5.11. The smallest absolute Gasteiger partial charge is 0.151 e. The summed E-state index contributed by atoms with van der Waals surface area (Å²) in [6, 6.07) is 0.745. The third-order valence-corrected chi connectivity index (χ3v) is 5.49. The average Bonchev–Trinajstić information content (AvgIpc) is 2.65. The van der Waals surface area contributed by atoms with Crippen molar-refractivity contribution < 1.29 is 8.42 Å². The van der Waals surface area contributed by atoms with E-state index in [4.69, 9.17) is 0 Å². The van der Waals surface area contributed by atoms with Crippen molar-refractivity contribution >= 4 is 9.84 Å². The Morgan fingerprint density at radius 1 is 1.31 bits per heavy atom. The number of rotatable bonds is 2. The van der Waals surface area contributed by atoms with Gasteiger partial charge in [0.2, 0.25) is 0 Å². The van der Waals surface area contributed by atoms with E-state index in [9.17, 15) is 8.42 Å². The highest BCUT2D eigenvalue weighted by Crippen LogP contribution is 2.29. The van der Waals surface area contributed by atoms with Gasteiger partial charge >= 0.3 is 0 Å². The predicted molar refractivity (Wildman–Crippen MR) is 65.3 cm³/mol. The number of piperazine rings is 1. The molecule has 0 amide bonds. The molecule has 94 valence electrons. The molecule has 2 fully saturated rings. The van der Waals surface area contributed by atoms with E-state index in [1.54, 1.807) is 0 Å². The van der Waals surface area contributed by atoms with Gasteiger partial charge in [-0.1, -0.05) is 6.42 Å². The van der Waals surface area contributed by atoms with Crippen LogP contribution in [0.5, 0.6) is 0 Å². The Hall–Kier alpha value is -0.130. The summed E-state index contributed by atoms with van der Waals surface area (Å²) in [5, 5.41) is 3.27. The van der Waals surface area contributed by atoms with E-state index < -0.39 is 9.84 Å². The molecule has 1 saturated heterocycles. The first-order valence-electron chi connectivity index (χ1n) is 6.15.